The molecule has 0 aliphatic heterocycles. The average Bonchev–Trinajstić information content (AvgIpc) is 2.28. The van der Waals surface area contributed by atoms with Gasteiger partial charge in [-0.2, -0.15) is 11.8 Å². The Hall–Kier alpha value is -0.380. The van der Waals surface area contributed by atoms with E-state index in [4.69, 9.17) is 17.3 Å². The fourth-order valence-electron chi connectivity index (χ4n) is 1.68. The van der Waals surface area contributed by atoms with Crippen molar-refractivity contribution in [1.82, 2.24) is 0 Å². The van der Waals surface area contributed by atoms with Crippen LogP contribution in [0.15, 0.2) is 18.2 Å². The molecule has 1 aromatic rings. The van der Waals surface area contributed by atoms with Crippen LogP contribution in [0, 0.1) is 0 Å². The van der Waals surface area contributed by atoms with Crippen molar-refractivity contribution in [1.29, 1.82) is 0 Å². The molecule has 0 saturated heterocycles. The lowest BCUT2D eigenvalue weighted by molar-refractivity contribution is 0.763. The lowest BCUT2D eigenvalue weighted by Gasteiger charge is -2.27. The van der Waals surface area contributed by atoms with Crippen molar-refractivity contribution < 1.29 is 0 Å². The number of nitrogens with two attached hydrogens (primary N) is 1. The first-order valence-electron chi connectivity index (χ1n) is 5.74. The van der Waals surface area contributed by atoms with Gasteiger partial charge in [0.2, 0.25) is 0 Å². The molecule has 0 radical (unpaired) electrons. The third-order valence-corrected chi connectivity index (χ3v) is 4.07. The molecule has 2 atom stereocenters. The fourth-order valence-corrected chi connectivity index (χ4v) is 2.71. The van der Waals surface area contributed by atoms with Gasteiger partial charge in [0.15, 0.2) is 0 Å². The zero-order valence-corrected chi connectivity index (χ0v) is 12.5. The standard InChI is InChI=1S/C13H21ClN2S/c1-9(8-17-4)16(3)13-6-5-11(10(2)15)7-12(13)14/h5-7,9-10H,8,15H2,1-4H3/t9?,10-/m0/s1. The van der Waals surface area contributed by atoms with Crippen LogP contribution in [-0.2, 0) is 0 Å². The molecular weight excluding hydrogens is 252 g/mol. The molecule has 1 unspecified atom stereocenters. The number of hydrogen-bond donors (Lipinski definition) is 1. The zero-order valence-electron chi connectivity index (χ0n) is 10.9. The summed E-state index contributed by atoms with van der Waals surface area (Å²) < 4.78 is 0. The predicted molar refractivity (Wildman–Crippen MR) is 80.3 cm³/mol. The maximum absolute atomic E-state index is 6.31. The van der Waals surface area contributed by atoms with Crippen molar-refractivity contribution in [3.63, 3.8) is 0 Å². The molecule has 0 heterocycles. The van der Waals surface area contributed by atoms with Crippen molar-refractivity contribution in [2.24, 2.45) is 5.73 Å². The number of rotatable bonds is 5. The highest BCUT2D eigenvalue weighted by Crippen LogP contribution is 2.29. The summed E-state index contributed by atoms with van der Waals surface area (Å²) >= 11 is 8.15. The van der Waals surface area contributed by atoms with E-state index in [-0.39, 0.29) is 6.04 Å². The van der Waals surface area contributed by atoms with Gasteiger partial charge in [0.1, 0.15) is 0 Å². The molecule has 4 heteroatoms. The quantitative estimate of drug-likeness (QED) is 0.889. The third-order valence-electron chi connectivity index (χ3n) is 2.95. The van der Waals surface area contributed by atoms with E-state index in [2.05, 4.69) is 31.2 Å². The molecule has 0 spiro atoms. The molecule has 0 saturated carbocycles. The summed E-state index contributed by atoms with van der Waals surface area (Å²) in [5.41, 5.74) is 7.98. The SMILES string of the molecule is CSCC(C)N(C)c1ccc([C@H](C)N)cc1Cl. The van der Waals surface area contributed by atoms with E-state index in [1.165, 1.54) is 0 Å². The van der Waals surface area contributed by atoms with Crippen molar-refractivity contribution >= 4 is 29.1 Å². The molecule has 0 fully saturated rings. The van der Waals surface area contributed by atoms with Crippen LogP contribution in [0.4, 0.5) is 5.69 Å². The van der Waals surface area contributed by atoms with Gasteiger partial charge < -0.3 is 10.6 Å². The van der Waals surface area contributed by atoms with E-state index in [1.54, 1.807) is 0 Å². The van der Waals surface area contributed by atoms with E-state index < -0.39 is 0 Å². The highest BCUT2D eigenvalue weighted by molar-refractivity contribution is 7.98. The van der Waals surface area contributed by atoms with Gasteiger partial charge in [0.25, 0.3) is 0 Å². The molecule has 1 aromatic carbocycles. The minimum absolute atomic E-state index is 0.0236. The molecule has 0 aliphatic rings. The van der Waals surface area contributed by atoms with Crippen LogP contribution in [0.25, 0.3) is 0 Å². The molecule has 0 aliphatic carbocycles. The third kappa shape index (κ3) is 3.80. The molecule has 17 heavy (non-hydrogen) atoms. The number of nitrogens with zero attached hydrogens (tertiary/aromatic N) is 1. The first-order chi connectivity index (χ1) is 7.97. The van der Waals surface area contributed by atoms with Gasteiger partial charge in [-0.15, -0.1) is 0 Å². The van der Waals surface area contributed by atoms with E-state index in [0.717, 1.165) is 22.0 Å². The largest absolute Gasteiger partial charge is 0.370 e. The highest BCUT2D eigenvalue weighted by Gasteiger charge is 2.13. The average molecular weight is 273 g/mol. The Labute approximate surface area is 114 Å². The molecule has 0 aromatic heterocycles. The van der Waals surface area contributed by atoms with Crippen molar-refractivity contribution in [3.05, 3.63) is 28.8 Å². The van der Waals surface area contributed by atoms with Crippen molar-refractivity contribution in [2.45, 2.75) is 25.9 Å². The number of hydrogen-bond acceptors (Lipinski definition) is 3. The number of thioether (sulfide) groups is 1. The Bertz CT molecular complexity index is 368. The van der Waals surface area contributed by atoms with Gasteiger partial charge in [0, 0.05) is 24.9 Å². The van der Waals surface area contributed by atoms with E-state index in [1.807, 2.05) is 30.8 Å². The Kier molecular flexibility index (Phi) is 5.63. The first-order valence-corrected chi connectivity index (χ1v) is 7.51. The van der Waals surface area contributed by atoms with Gasteiger partial charge >= 0.3 is 0 Å². The zero-order chi connectivity index (χ0) is 13.0. The Morgan fingerprint density at radius 1 is 1.41 bits per heavy atom. The molecule has 0 bridgehead atoms. The minimum atomic E-state index is 0.0236. The predicted octanol–water partition coefficient (Wildman–Crippen LogP) is 3.55. The molecule has 2 nitrogen and oxygen atoms in total. The van der Waals surface area contributed by atoms with Crippen LogP contribution in [0.3, 0.4) is 0 Å². The summed E-state index contributed by atoms with van der Waals surface area (Å²) in [6.07, 6.45) is 2.12. The van der Waals surface area contributed by atoms with Crippen LogP contribution >= 0.6 is 23.4 Å². The van der Waals surface area contributed by atoms with Gasteiger partial charge in [-0.25, -0.2) is 0 Å². The summed E-state index contributed by atoms with van der Waals surface area (Å²) in [5.74, 6) is 1.09. The second kappa shape index (κ2) is 6.53. The van der Waals surface area contributed by atoms with Gasteiger partial charge in [-0.05, 0) is 37.8 Å². The summed E-state index contributed by atoms with van der Waals surface area (Å²) in [4.78, 5) is 2.21. The maximum atomic E-state index is 6.31. The number of anilines is 1. The lowest BCUT2D eigenvalue weighted by Crippen LogP contribution is -2.31. The molecule has 0 amide bonds. The minimum Gasteiger partial charge on any atom is -0.370 e. The maximum Gasteiger partial charge on any atom is 0.0642 e. The fraction of sp³-hybridized carbons (Fsp3) is 0.538. The Morgan fingerprint density at radius 3 is 2.53 bits per heavy atom. The topological polar surface area (TPSA) is 29.3 Å². The highest BCUT2D eigenvalue weighted by atomic mass is 35.5. The molecule has 2 N–H and O–H groups in total. The van der Waals surface area contributed by atoms with Crippen molar-refractivity contribution in [2.75, 3.05) is 24.0 Å². The van der Waals surface area contributed by atoms with Gasteiger partial charge in [-0.1, -0.05) is 17.7 Å². The summed E-state index contributed by atoms with van der Waals surface area (Å²) in [6.45, 7) is 4.16. The van der Waals surface area contributed by atoms with Crippen LogP contribution in [0.5, 0.6) is 0 Å². The van der Waals surface area contributed by atoms with Crippen LogP contribution in [0.1, 0.15) is 25.5 Å². The Morgan fingerprint density at radius 2 is 2.06 bits per heavy atom. The normalized spacial score (nSPS) is 14.5. The van der Waals surface area contributed by atoms with E-state index >= 15 is 0 Å². The smallest absolute Gasteiger partial charge is 0.0642 e. The first kappa shape index (κ1) is 14.7. The molecule has 96 valence electrons. The number of benzene rings is 1. The summed E-state index contributed by atoms with van der Waals surface area (Å²) in [6, 6.07) is 6.55. The lowest BCUT2D eigenvalue weighted by atomic mass is 10.1. The molecular formula is C13H21ClN2S. The second-order valence-electron chi connectivity index (χ2n) is 4.41. The summed E-state index contributed by atoms with van der Waals surface area (Å²) in [5, 5.41) is 0.773. The van der Waals surface area contributed by atoms with Gasteiger partial charge in [-0.3, -0.25) is 0 Å². The van der Waals surface area contributed by atoms with E-state index in [9.17, 15) is 0 Å². The summed E-state index contributed by atoms with van der Waals surface area (Å²) in [7, 11) is 2.08. The van der Waals surface area contributed by atoms with Crippen molar-refractivity contribution in [3.8, 4) is 0 Å². The van der Waals surface area contributed by atoms with Crippen LogP contribution < -0.4 is 10.6 Å². The van der Waals surface area contributed by atoms with Gasteiger partial charge in [0.05, 0.1) is 10.7 Å². The monoisotopic (exact) mass is 272 g/mol. The number of halogens is 1. The Balaban J connectivity index is 2.91. The van der Waals surface area contributed by atoms with Crippen LogP contribution in [0.2, 0.25) is 5.02 Å². The molecule has 1 rings (SSSR count). The second-order valence-corrected chi connectivity index (χ2v) is 5.73. The van der Waals surface area contributed by atoms with Crippen LogP contribution in [-0.4, -0.2) is 25.1 Å². The van der Waals surface area contributed by atoms with E-state index in [0.29, 0.717) is 6.04 Å².